The van der Waals surface area contributed by atoms with Crippen LogP contribution in [0.1, 0.15) is 13.3 Å². The van der Waals surface area contributed by atoms with Gasteiger partial charge in [-0.2, -0.15) is 5.10 Å². The third kappa shape index (κ3) is 4.53. The molecule has 0 aliphatic rings. The number of hydrogen-bond acceptors (Lipinski definition) is 6. The molecule has 1 aromatic carbocycles. The summed E-state index contributed by atoms with van der Waals surface area (Å²) >= 11 is 1.03. The summed E-state index contributed by atoms with van der Waals surface area (Å²) in [5, 5.41) is 9.62. The van der Waals surface area contributed by atoms with Crippen LogP contribution in [0.4, 0.5) is 4.79 Å². The highest BCUT2D eigenvalue weighted by atomic mass is 32.2. The van der Waals surface area contributed by atoms with Gasteiger partial charge in [-0.15, -0.1) is 0 Å². The van der Waals surface area contributed by atoms with E-state index in [0.29, 0.717) is 17.6 Å². The van der Waals surface area contributed by atoms with Gasteiger partial charge >= 0.3 is 6.03 Å². The number of imide groups is 1. The summed E-state index contributed by atoms with van der Waals surface area (Å²) in [5.74, 6) is -0.541. The highest BCUT2D eigenvalue weighted by Gasteiger charge is 2.13. The summed E-state index contributed by atoms with van der Waals surface area (Å²) in [6, 6.07) is 8.77. The highest BCUT2D eigenvalue weighted by Crippen LogP contribution is 2.17. The van der Waals surface area contributed by atoms with E-state index in [2.05, 4.69) is 25.7 Å². The molecule has 27 heavy (non-hydrogen) atoms. The monoisotopic (exact) mass is 386 g/mol. The van der Waals surface area contributed by atoms with Gasteiger partial charge in [-0.25, -0.2) is 14.5 Å². The molecule has 0 aliphatic heterocycles. The summed E-state index contributed by atoms with van der Waals surface area (Å²) in [7, 11) is 0. The average molecular weight is 386 g/mol. The Kier molecular flexibility index (Phi) is 5.87. The predicted octanol–water partition coefficient (Wildman–Crippen LogP) is 1.44. The number of aromatic nitrogens is 4. The van der Waals surface area contributed by atoms with Crippen molar-refractivity contribution < 1.29 is 9.59 Å². The van der Waals surface area contributed by atoms with Gasteiger partial charge in [0.2, 0.25) is 5.91 Å². The van der Waals surface area contributed by atoms with E-state index in [1.54, 1.807) is 4.68 Å². The van der Waals surface area contributed by atoms with Crippen LogP contribution >= 0.6 is 11.8 Å². The molecule has 0 fully saturated rings. The number of carbonyl (C=O) groups is 2. The number of aromatic amines is 1. The first-order valence-corrected chi connectivity index (χ1v) is 9.31. The second kappa shape index (κ2) is 8.49. The summed E-state index contributed by atoms with van der Waals surface area (Å²) in [5.41, 5.74) is 0.825. The molecule has 10 heteroatoms. The van der Waals surface area contributed by atoms with Gasteiger partial charge in [0.25, 0.3) is 5.56 Å². The molecule has 140 valence electrons. The molecule has 0 saturated carbocycles. The van der Waals surface area contributed by atoms with Crippen molar-refractivity contribution in [2.75, 3.05) is 12.3 Å². The maximum atomic E-state index is 12.3. The van der Waals surface area contributed by atoms with Gasteiger partial charge in [-0.05, 0) is 18.6 Å². The average Bonchev–Trinajstić information content (AvgIpc) is 3.10. The van der Waals surface area contributed by atoms with Gasteiger partial charge in [-0.1, -0.05) is 36.9 Å². The van der Waals surface area contributed by atoms with Crippen LogP contribution in [0.3, 0.4) is 0 Å². The minimum Gasteiger partial charge on any atom is -0.338 e. The number of rotatable bonds is 6. The maximum absolute atomic E-state index is 12.3. The summed E-state index contributed by atoms with van der Waals surface area (Å²) in [6.07, 6.45) is 2.23. The molecule has 0 saturated heterocycles. The lowest BCUT2D eigenvalue weighted by Crippen LogP contribution is -2.40. The lowest BCUT2D eigenvalue weighted by Gasteiger charge is -2.06. The fourth-order valence-electron chi connectivity index (χ4n) is 2.30. The zero-order valence-electron chi connectivity index (χ0n) is 14.6. The number of H-pyrrole nitrogens is 1. The van der Waals surface area contributed by atoms with Gasteiger partial charge in [0.05, 0.1) is 17.6 Å². The van der Waals surface area contributed by atoms with E-state index in [1.165, 1.54) is 6.20 Å². The van der Waals surface area contributed by atoms with Gasteiger partial charge in [0.1, 0.15) is 5.39 Å². The minimum absolute atomic E-state index is 0.0620. The molecule has 0 radical (unpaired) electrons. The topological polar surface area (TPSA) is 122 Å². The molecular weight excluding hydrogens is 368 g/mol. The van der Waals surface area contributed by atoms with E-state index in [-0.39, 0.29) is 16.5 Å². The number of hydrogen-bond donors (Lipinski definition) is 3. The normalized spacial score (nSPS) is 10.7. The van der Waals surface area contributed by atoms with E-state index < -0.39 is 11.9 Å². The number of amides is 3. The first-order valence-electron chi connectivity index (χ1n) is 8.32. The Balaban J connectivity index is 1.75. The third-order valence-electron chi connectivity index (χ3n) is 3.55. The third-order valence-corrected chi connectivity index (χ3v) is 4.42. The van der Waals surface area contributed by atoms with Crippen LogP contribution in [0.5, 0.6) is 0 Å². The number of nitrogens with one attached hydrogen (secondary N) is 3. The van der Waals surface area contributed by atoms with Crippen molar-refractivity contribution in [3.05, 3.63) is 46.9 Å². The molecule has 0 atom stereocenters. The number of urea groups is 1. The Morgan fingerprint density at radius 3 is 2.78 bits per heavy atom. The zero-order chi connectivity index (χ0) is 19.2. The van der Waals surface area contributed by atoms with E-state index in [1.807, 2.05) is 37.3 Å². The molecule has 0 spiro atoms. The Labute approximate surface area is 158 Å². The Morgan fingerprint density at radius 2 is 2.04 bits per heavy atom. The fourth-order valence-corrected chi connectivity index (χ4v) is 2.96. The van der Waals surface area contributed by atoms with Crippen molar-refractivity contribution in [2.24, 2.45) is 0 Å². The standard InChI is InChI=1S/C17H18N6O3S/c1-2-8-18-16(26)20-13(24)10-27-17-21-14-12(15(25)22-17)9-19-23(14)11-6-4-3-5-7-11/h3-7,9H,2,8,10H2,1H3,(H,21,22,25)(H2,18,20,24,26). The van der Waals surface area contributed by atoms with Crippen LogP contribution in [0.2, 0.25) is 0 Å². The quantitative estimate of drug-likeness (QED) is 0.435. The number of fused-ring (bicyclic) bond motifs is 1. The Bertz CT molecular complexity index is 1010. The largest absolute Gasteiger partial charge is 0.338 e. The molecule has 3 aromatic rings. The first-order chi connectivity index (χ1) is 13.1. The second-order valence-corrected chi connectivity index (χ2v) is 6.56. The highest BCUT2D eigenvalue weighted by molar-refractivity contribution is 7.99. The number of benzene rings is 1. The van der Waals surface area contributed by atoms with Crippen molar-refractivity contribution in [2.45, 2.75) is 18.5 Å². The van der Waals surface area contributed by atoms with Crippen LogP contribution in [0.25, 0.3) is 16.7 Å². The van der Waals surface area contributed by atoms with Crippen LogP contribution in [-0.4, -0.2) is 44.0 Å². The zero-order valence-corrected chi connectivity index (χ0v) is 15.4. The molecule has 3 amide bonds. The second-order valence-electron chi connectivity index (χ2n) is 5.59. The van der Waals surface area contributed by atoms with Crippen LogP contribution in [0, 0.1) is 0 Å². The molecular formula is C17H18N6O3S. The van der Waals surface area contributed by atoms with Crippen LogP contribution in [-0.2, 0) is 4.79 Å². The van der Waals surface area contributed by atoms with E-state index >= 15 is 0 Å². The lowest BCUT2D eigenvalue weighted by atomic mass is 10.3. The van der Waals surface area contributed by atoms with Gasteiger partial charge < -0.3 is 10.3 Å². The van der Waals surface area contributed by atoms with Gasteiger partial charge in [0.15, 0.2) is 10.8 Å². The smallest absolute Gasteiger partial charge is 0.321 e. The number of nitrogens with zero attached hydrogens (tertiary/aromatic N) is 3. The van der Waals surface area contributed by atoms with Crippen molar-refractivity contribution >= 4 is 34.7 Å². The van der Waals surface area contributed by atoms with E-state index in [0.717, 1.165) is 23.9 Å². The van der Waals surface area contributed by atoms with Crippen molar-refractivity contribution in [1.82, 2.24) is 30.4 Å². The Hall–Kier alpha value is -3.14. The van der Waals surface area contributed by atoms with Crippen molar-refractivity contribution in [3.8, 4) is 5.69 Å². The maximum Gasteiger partial charge on any atom is 0.321 e. The van der Waals surface area contributed by atoms with Gasteiger partial charge in [0, 0.05) is 6.54 Å². The first kappa shape index (κ1) is 18.6. The number of carbonyl (C=O) groups excluding carboxylic acids is 2. The molecule has 3 N–H and O–H groups in total. The predicted molar refractivity (Wildman–Crippen MR) is 102 cm³/mol. The molecule has 2 heterocycles. The number of para-hydroxylation sites is 1. The van der Waals surface area contributed by atoms with E-state index in [4.69, 9.17) is 0 Å². The van der Waals surface area contributed by atoms with E-state index in [9.17, 15) is 14.4 Å². The molecule has 9 nitrogen and oxygen atoms in total. The molecule has 2 aromatic heterocycles. The molecule has 0 aliphatic carbocycles. The SMILES string of the molecule is CCCNC(=O)NC(=O)CSc1nc2c(cnn2-c2ccccc2)c(=O)[nH]1. The van der Waals surface area contributed by atoms with Crippen molar-refractivity contribution in [1.29, 1.82) is 0 Å². The molecule has 3 rings (SSSR count). The fraction of sp³-hybridized carbons (Fsp3) is 0.235. The van der Waals surface area contributed by atoms with Crippen LogP contribution < -0.4 is 16.2 Å². The minimum atomic E-state index is -0.540. The summed E-state index contributed by atoms with van der Waals surface area (Å²) in [4.78, 5) is 42.6. The number of thioether (sulfide) groups is 1. The van der Waals surface area contributed by atoms with Gasteiger partial charge in [-0.3, -0.25) is 14.9 Å². The van der Waals surface area contributed by atoms with Crippen LogP contribution in [0.15, 0.2) is 46.5 Å². The molecule has 0 bridgehead atoms. The van der Waals surface area contributed by atoms with Crippen molar-refractivity contribution in [3.63, 3.8) is 0 Å². The summed E-state index contributed by atoms with van der Waals surface area (Å²) < 4.78 is 1.56. The molecule has 0 unspecified atom stereocenters. The summed E-state index contributed by atoms with van der Waals surface area (Å²) in [6.45, 7) is 2.40. The Morgan fingerprint density at radius 1 is 1.26 bits per heavy atom. The lowest BCUT2D eigenvalue weighted by molar-refractivity contribution is -0.117.